The number of non-ortho nitro benzene ring substituents is 1. The molecular weight excluding hydrogens is 440 g/mol. The Bertz CT molecular complexity index is 1190. The zero-order valence-electron chi connectivity index (χ0n) is 16.4. The van der Waals surface area contributed by atoms with E-state index in [0.29, 0.717) is 28.2 Å². The molecule has 2 aromatic heterocycles. The highest BCUT2D eigenvalue weighted by molar-refractivity contribution is 8.01. The monoisotopic (exact) mass is 456 g/mol. The maximum absolute atomic E-state index is 10.8. The molecule has 0 radical (unpaired) electrons. The number of hydrogen-bond donors (Lipinski definition) is 1. The van der Waals surface area contributed by atoms with Gasteiger partial charge in [0, 0.05) is 17.7 Å². The normalized spacial score (nSPS) is 11.8. The summed E-state index contributed by atoms with van der Waals surface area (Å²) in [6.07, 6.45) is 0. The summed E-state index contributed by atoms with van der Waals surface area (Å²) in [7, 11) is 1.61. The van der Waals surface area contributed by atoms with E-state index in [4.69, 9.17) is 9.15 Å². The number of rotatable bonds is 8. The summed E-state index contributed by atoms with van der Waals surface area (Å²) in [5.74, 6) is 1.44. The Balaban J connectivity index is 1.42. The minimum Gasteiger partial charge on any atom is -0.495 e. The highest BCUT2D eigenvalue weighted by Crippen LogP contribution is 2.38. The number of hydrogen-bond acceptors (Lipinski definition) is 11. The molecule has 4 rings (SSSR count). The summed E-state index contributed by atoms with van der Waals surface area (Å²) in [4.78, 5) is 10.3. The first-order valence-corrected chi connectivity index (χ1v) is 10.7. The molecule has 0 bridgehead atoms. The fraction of sp³-hybridized carbons (Fsp3) is 0.158. The summed E-state index contributed by atoms with van der Waals surface area (Å²) in [5.41, 5.74) is 1.41. The lowest BCUT2D eigenvalue weighted by molar-refractivity contribution is -0.384. The van der Waals surface area contributed by atoms with Gasteiger partial charge in [0.1, 0.15) is 5.75 Å². The first-order chi connectivity index (χ1) is 15.0. The number of anilines is 2. The van der Waals surface area contributed by atoms with Gasteiger partial charge in [-0.15, -0.1) is 20.4 Å². The van der Waals surface area contributed by atoms with E-state index < -0.39 is 4.92 Å². The molecule has 31 heavy (non-hydrogen) atoms. The van der Waals surface area contributed by atoms with E-state index in [1.807, 2.05) is 31.2 Å². The van der Waals surface area contributed by atoms with Crippen LogP contribution in [0.25, 0.3) is 11.5 Å². The van der Waals surface area contributed by atoms with Crippen molar-refractivity contribution < 1.29 is 14.1 Å². The zero-order valence-corrected chi connectivity index (χ0v) is 18.0. The number of methoxy groups -OCH3 is 1. The van der Waals surface area contributed by atoms with Gasteiger partial charge in [0.15, 0.2) is 4.34 Å². The van der Waals surface area contributed by atoms with Gasteiger partial charge in [-0.2, -0.15) is 0 Å². The van der Waals surface area contributed by atoms with Crippen molar-refractivity contribution in [1.29, 1.82) is 0 Å². The Kier molecular flexibility index (Phi) is 6.09. The van der Waals surface area contributed by atoms with Gasteiger partial charge in [-0.3, -0.25) is 10.1 Å². The van der Waals surface area contributed by atoms with Crippen LogP contribution in [0, 0.1) is 10.1 Å². The van der Waals surface area contributed by atoms with Crippen LogP contribution >= 0.6 is 23.1 Å². The van der Waals surface area contributed by atoms with Crippen LogP contribution in [0.15, 0.2) is 57.3 Å². The SMILES string of the molecule is COc1ccccc1Nc1nnc(SC(C)c2nnc(-c3ccc([N+](=O)[O-])cc3)o2)s1. The maximum Gasteiger partial charge on any atom is 0.269 e. The molecule has 1 unspecified atom stereocenters. The lowest BCUT2D eigenvalue weighted by Crippen LogP contribution is -1.93. The largest absolute Gasteiger partial charge is 0.495 e. The topological polar surface area (TPSA) is 129 Å². The van der Waals surface area contributed by atoms with Gasteiger partial charge in [-0.25, -0.2) is 0 Å². The van der Waals surface area contributed by atoms with Crippen LogP contribution in [-0.2, 0) is 0 Å². The van der Waals surface area contributed by atoms with Crippen LogP contribution < -0.4 is 10.1 Å². The van der Waals surface area contributed by atoms with Gasteiger partial charge < -0.3 is 14.5 Å². The minimum absolute atomic E-state index is 0.00113. The molecule has 0 saturated heterocycles. The fourth-order valence-corrected chi connectivity index (χ4v) is 4.55. The van der Waals surface area contributed by atoms with Crippen molar-refractivity contribution in [3.8, 4) is 17.2 Å². The Morgan fingerprint density at radius 1 is 1.13 bits per heavy atom. The number of benzene rings is 2. The minimum atomic E-state index is -0.458. The third-order valence-electron chi connectivity index (χ3n) is 4.15. The van der Waals surface area contributed by atoms with E-state index in [1.165, 1.54) is 35.2 Å². The first-order valence-electron chi connectivity index (χ1n) is 9.02. The van der Waals surface area contributed by atoms with Crippen molar-refractivity contribution in [1.82, 2.24) is 20.4 Å². The third kappa shape index (κ3) is 4.81. The van der Waals surface area contributed by atoms with Gasteiger partial charge in [0.25, 0.3) is 5.69 Å². The number of nitro groups is 1. The second-order valence-electron chi connectivity index (χ2n) is 6.21. The molecule has 158 valence electrons. The van der Waals surface area contributed by atoms with Crippen molar-refractivity contribution in [3.05, 3.63) is 64.5 Å². The Labute approximate surface area is 184 Å². The van der Waals surface area contributed by atoms with E-state index in [1.54, 1.807) is 19.2 Å². The first kappa shape index (κ1) is 20.8. The van der Waals surface area contributed by atoms with Gasteiger partial charge in [-0.05, 0) is 31.2 Å². The number of thioether (sulfide) groups is 1. The summed E-state index contributed by atoms with van der Waals surface area (Å²) in [6, 6.07) is 13.5. The molecule has 2 aromatic carbocycles. The van der Waals surface area contributed by atoms with Crippen molar-refractivity contribution in [2.24, 2.45) is 0 Å². The van der Waals surface area contributed by atoms with E-state index in [2.05, 4.69) is 25.7 Å². The molecule has 0 saturated carbocycles. The summed E-state index contributed by atoms with van der Waals surface area (Å²) in [5, 5.41) is 31.0. The number of nitrogens with one attached hydrogen (secondary N) is 1. The van der Waals surface area contributed by atoms with Crippen LogP contribution in [0.5, 0.6) is 5.75 Å². The Hall–Kier alpha value is -3.51. The summed E-state index contributed by atoms with van der Waals surface area (Å²) < 4.78 is 11.8. The average Bonchev–Trinajstić information content (AvgIpc) is 3.44. The predicted molar refractivity (Wildman–Crippen MR) is 117 cm³/mol. The van der Waals surface area contributed by atoms with Crippen molar-refractivity contribution in [3.63, 3.8) is 0 Å². The molecular formula is C19H16N6O4S2. The molecule has 0 aliphatic rings. The third-order valence-corrected chi connectivity index (χ3v) is 6.16. The molecule has 0 aliphatic heterocycles. The van der Waals surface area contributed by atoms with Crippen LogP contribution in [0.3, 0.4) is 0 Å². The van der Waals surface area contributed by atoms with Crippen LogP contribution in [0.4, 0.5) is 16.5 Å². The van der Waals surface area contributed by atoms with Crippen LogP contribution in [0.1, 0.15) is 18.1 Å². The lowest BCUT2D eigenvalue weighted by Gasteiger charge is -2.07. The molecule has 0 fully saturated rings. The molecule has 1 N–H and O–H groups in total. The molecule has 12 heteroatoms. The lowest BCUT2D eigenvalue weighted by atomic mass is 10.2. The average molecular weight is 457 g/mol. The van der Waals surface area contributed by atoms with Crippen LogP contribution in [-0.4, -0.2) is 32.4 Å². The number of nitrogens with zero attached hydrogens (tertiary/aromatic N) is 5. The van der Waals surface area contributed by atoms with Gasteiger partial charge in [0.05, 0.1) is 23.0 Å². The molecule has 2 heterocycles. The van der Waals surface area contributed by atoms with E-state index in [0.717, 1.165) is 10.0 Å². The second-order valence-corrected chi connectivity index (χ2v) is 8.77. The number of aromatic nitrogens is 4. The van der Waals surface area contributed by atoms with E-state index >= 15 is 0 Å². The van der Waals surface area contributed by atoms with Gasteiger partial charge in [-0.1, -0.05) is 35.2 Å². The second kappa shape index (κ2) is 9.10. The van der Waals surface area contributed by atoms with Crippen molar-refractivity contribution in [2.45, 2.75) is 16.5 Å². The number of para-hydroxylation sites is 2. The Morgan fingerprint density at radius 2 is 1.90 bits per heavy atom. The molecule has 10 nitrogen and oxygen atoms in total. The molecule has 0 amide bonds. The van der Waals surface area contributed by atoms with E-state index in [9.17, 15) is 10.1 Å². The molecule has 4 aromatic rings. The Morgan fingerprint density at radius 3 is 2.65 bits per heavy atom. The smallest absolute Gasteiger partial charge is 0.269 e. The highest BCUT2D eigenvalue weighted by atomic mass is 32.2. The number of nitro benzene ring substituents is 1. The molecule has 1 atom stereocenters. The van der Waals surface area contributed by atoms with Gasteiger partial charge in [0.2, 0.25) is 16.9 Å². The fourth-order valence-electron chi connectivity index (χ4n) is 2.61. The predicted octanol–water partition coefficient (Wildman–Crippen LogP) is 5.10. The van der Waals surface area contributed by atoms with Gasteiger partial charge >= 0.3 is 0 Å². The quantitative estimate of drug-likeness (QED) is 0.217. The van der Waals surface area contributed by atoms with Crippen molar-refractivity contribution >= 4 is 39.6 Å². The highest BCUT2D eigenvalue weighted by Gasteiger charge is 2.19. The summed E-state index contributed by atoms with van der Waals surface area (Å²) in [6.45, 7) is 1.92. The van der Waals surface area contributed by atoms with E-state index in [-0.39, 0.29) is 10.9 Å². The standard InChI is InChI=1S/C19H16N6O4S2/c1-11(16-21-22-17(29-16)12-7-9-13(10-8-12)25(26)27)30-19-24-23-18(31-19)20-14-5-3-4-6-15(14)28-2/h3-11H,1-2H3,(H,20,23). The maximum atomic E-state index is 10.8. The molecule has 0 spiro atoms. The summed E-state index contributed by atoms with van der Waals surface area (Å²) >= 11 is 2.84. The van der Waals surface area contributed by atoms with Crippen LogP contribution in [0.2, 0.25) is 0 Å². The van der Waals surface area contributed by atoms with Crippen molar-refractivity contribution in [2.75, 3.05) is 12.4 Å². The number of ether oxygens (including phenoxy) is 1. The molecule has 0 aliphatic carbocycles. The zero-order chi connectivity index (χ0) is 21.8.